The molecule has 0 aromatic heterocycles. The standard InChI is InChI=1S/C15H22F2N2/c1-18-8-5-12-6-9-19(10-7-12)11-13-14(16)3-2-4-15(13)17/h2-4,12,18H,5-11H2,1H3. The topological polar surface area (TPSA) is 15.3 Å². The molecule has 0 radical (unpaired) electrons. The van der Waals surface area contributed by atoms with Crippen molar-refractivity contribution in [1.82, 2.24) is 10.2 Å². The zero-order valence-corrected chi connectivity index (χ0v) is 11.5. The van der Waals surface area contributed by atoms with E-state index in [1.54, 1.807) is 0 Å². The lowest BCUT2D eigenvalue weighted by Crippen LogP contribution is -2.34. The molecule has 0 bridgehead atoms. The lowest BCUT2D eigenvalue weighted by Gasteiger charge is -2.32. The maximum Gasteiger partial charge on any atom is 0.130 e. The van der Waals surface area contributed by atoms with Gasteiger partial charge >= 0.3 is 0 Å². The van der Waals surface area contributed by atoms with E-state index in [9.17, 15) is 8.78 Å². The average molecular weight is 268 g/mol. The molecule has 1 fully saturated rings. The van der Waals surface area contributed by atoms with Gasteiger partial charge in [-0.3, -0.25) is 4.90 Å². The van der Waals surface area contributed by atoms with E-state index in [4.69, 9.17) is 0 Å². The fourth-order valence-corrected chi connectivity index (χ4v) is 2.69. The van der Waals surface area contributed by atoms with Crippen LogP contribution in [-0.4, -0.2) is 31.6 Å². The predicted octanol–water partition coefficient (Wildman–Crippen LogP) is 2.79. The summed E-state index contributed by atoms with van der Waals surface area (Å²) in [6, 6.07) is 4.08. The van der Waals surface area contributed by atoms with Gasteiger partial charge in [-0.2, -0.15) is 0 Å². The van der Waals surface area contributed by atoms with Crippen LogP contribution >= 0.6 is 0 Å². The van der Waals surface area contributed by atoms with E-state index in [2.05, 4.69) is 10.2 Å². The second-order valence-corrected chi connectivity index (χ2v) is 5.31. The molecular weight excluding hydrogens is 246 g/mol. The van der Waals surface area contributed by atoms with Crippen LogP contribution in [0.15, 0.2) is 18.2 Å². The minimum Gasteiger partial charge on any atom is -0.320 e. The van der Waals surface area contributed by atoms with Gasteiger partial charge in [-0.15, -0.1) is 0 Å². The third-order valence-electron chi connectivity index (χ3n) is 3.95. The summed E-state index contributed by atoms with van der Waals surface area (Å²) in [5.41, 5.74) is 0.205. The summed E-state index contributed by atoms with van der Waals surface area (Å²) in [6.45, 7) is 3.30. The first-order chi connectivity index (χ1) is 9.20. The Morgan fingerprint density at radius 3 is 2.42 bits per heavy atom. The molecule has 1 heterocycles. The largest absolute Gasteiger partial charge is 0.320 e. The van der Waals surface area contributed by atoms with Crippen LogP contribution in [0.25, 0.3) is 0 Å². The van der Waals surface area contributed by atoms with Crippen molar-refractivity contribution in [2.45, 2.75) is 25.8 Å². The molecular formula is C15H22F2N2. The van der Waals surface area contributed by atoms with Gasteiger partial charge in [-0.25, -0.2) is 8.78 Å². The number of benzene rings is 1. The van der Waals surface area contributed by atoms with E-state index in [0.29, 0.717) is 6.54 Å². The lowest BCUT2D eigenvalue weighted by molar-refractivity contribution is 0.169. The van der Waals surface area contributed by atoms with Crippen molar-refractivity contribution in [3.8, 4) is 0 Å². The SMILES string of the molecule is CNCCC1CCN(Cc2c(F)cccc2F)CC1. The molecule has 0 spiro atoms. The number of rotatable bonds is 5. The molecule has 1 aliphatic rings. The summed E-state index contributed by atoms with van der Waals surface area (Å²) < 4.78 is 27.1. The number of hydrogen-bond acceptors (Lipinski definition) is 2. The highest BCUT2D eigenvalue weighted by Crippen LogP contribution is 2.23. The number of hydrogen-bond donors (Lipinski definition) is 1. The minimum atomic E-state index is -0.433. The first-order valence-corrected chi connectivity index (χ1v) is 7.00. The molecule has 1 saturated heterocycles. The van der Waals surface area contributed by atoms with Crippen LogP contribution in [-0.2, 0) is 6.54 Å². The van der Waals surface area contributed by atoms with Gasteiger partial charge in [0, 0.05) is 12.1 Å². The molecule has 1 aromatic rings. The van der Waals surface area contributed by atoms with E-state index in [0.717, 1.165) is 38.4 Å². The number of likely N-dealkylation sites (tertiary alicyclic amines) is 1. The first kappa shape index (κ1) is 14.4. The Bertz CT molecular complexity index is 381. The third-order valence-corrected chi connectivity index (χ3v) is 3.95. The number of halogens is 2. The van der Waals surface area contributed by atoms with Gasteiger partial charge in [0.05, 0.1) is 0 Å². The molecule has 2 nitrogen and oxygen atoms in total. The van der Waals surface area contributed by atoms with Gasteiger partial charge in [0.15, 0.2) is 0 Å². The summed E-state index contributed by atoms with van der Waals surface area (Å²) in [4.78, 5) is 2.15. The Morgan fingerprint density at radius 1 is 1.21 bits per heavy atom. The molecule has 0 aliphatic carbocycles. The predicted molar refractivity (Wildman–Crippen MR) is 72.9 cm³/mol. The zero-order valence-electron chi connectivity index (χ0n) is 11.5. The fraction of sp³-hybridized carbons (Fsp3) is 0.600. The van der Waals surface area contributed by atoms with Crippen molar-refractivity contribution in [2.75, 3.05) is 26.7 Å². The Morgan fingerprint density at radius 2 is 1.84 bits per heavy atom. The molecule has 0 saturated carbocycles. The molecule has 0 amide bonds. The third kappa shape index (κ3) is 3.98. The van der Waals surface area contributed by atoms with Crippen LogP contribution in [0, 0.1) is 17.6 Å². The smallest absolute Gasteiger partial charge is 0.130 e. The molecule has 1 aliphatic heterocycles. The van der Waals surface area contributed by atoms with E-state index < -0.39 is 11.6 Å². The average Bonchev–Trinajstić information content (AvgIpc) is 2.42. The summed E-state index contributed by atoms with van der Waals surface area (Å²) in [5.74, 6) is -0.121. The van der Waals surface area contributed by atoms with Gasteiger partial charge in [-0.05, 0) is 64.0 Å². The van der Waals surface area contributed by atoms with Gasteiger partial charge < -0.3 is 5.32 Å². The Balaban J connectivity index is 1.85. The molecule has 19 heavy (non-hydrogen) atoms. The second-order valence-electron chi connectivity index (χ2n) is 5.31. The monoisotopic (exact) mass is 268 g/mol. The highest BCUT2D eigenvalue weighted by molar-refractivity contribution is 5.19. The van der Waals surface area contributed by atoms with Crippen LogP contribution in [0.4, 0.5) is 8.78 Å². The summed E-state index contributed by atoms with van der Waals surface area (Å²) in [5, 5.41) is 3.17. The maximum atomic E-state index is 13.6. The minimum absolute atomic E-state index is 0.205. The van der Waals surface area contributed by atoms with Crippen LogP contribution in [0.1, 0.15) is 24.8 Å². The van der Waals surface area contributed by atoms with Crippen molar-refractivity contribution in [1.29, 1.82) is 0 Å². The van der Waals surface area contributed by atoms with Crippen molar-refractivity contribution >= 4 is 0 Å². The van der Waals surface area contributed by atoms with Gasteiger partial charge in [-0.1, -0.05) is 6.07 Å². The van der Waals surface area contributed by atoms with E-state index >= 15 is 0 Å². The van der Waals surface area contributed by atoms with Crippen LogP contribution in [0.3, 0.4) is 0 Å². The number of piperidine rings is 1. The molecule has 0 atom stereocenters. The Hall–Kier alpha value is -1.00. The van der Waals surface area contributed by atoms with Gasteiger partial charge in [0.25, 0.3) is 0 Å². The van der Waals surface area contributed by atoms with Crippen molar-refractivity contribution in [3.63, 3.8) is 0 Å². The highest BCUT2D eigenvalue weighted by Gasteiger charge is 2.20. The number of nitrogens with one attached hydrogen (secondary N) is 1. The van der Waals surface area contributed by atoms with Gasteiger partial charge in [0.2, 0.25) is 0 Å². The van der Waals surface area contributed by atoms with Gasteiger partial charge in [0.1, 0.15) is 11.6 Å². The van der Waals surface area contributed by atoms with Crippen LogP contribution in [0.2, 0.25) is 0 Å². The maximum absolute atomic E-state index is 13.6. The van der Waals surface area contributed by atoms with Crippen LogP contribution < -0.4 is 5.32 Å². The quantitative estimate of drug-likeness (QED) is 0.883. The normalized spacial score (nSPS) is 17.8. The molecule has 4 heteroatoms. The van der Waals surface area contributed by atoms with E-state index in [1.165, 1.54) is 24.6 Å². The summed E-state index contributed by atoms with van der Waals surface area (Å²) in [6.07, 6.45) is 3.44. The fourth-order valence-electron chi connectivity index (χ4n) is 2.69. The molecule has 106 valence electrons. The molecule has 2 rings (SSSR count). The first-order valence-electron chi connectivity index (χ1n) is 7.00. The molecule has 1 N–H and O–H groups in total. The van der Waals surface area contributed by atoms with Crippen molar-refractivity contribution in [2.24, 2.45) is 5.92 Å². The summed E-state index contributed by atoms with van der Waals surface area (Å²) in [7, 11) is 1.97. The molecule has 0 unspecified atom stereocenters. The Labute approximate surface area is 113 Å². The second kappa shape index (κ2) is 6.96. The zero-order chi connectivity index (χ0) is 13.7. The molecule has 1 aromatic carbocycles. The lowest BCUT2D eigenvalue weighted by atomic mass is 9.93. The summed E-state index contributed by atoms with van der Waals surface area (Å²) >= 11 is 0. The van der Waals surface area contributed by atoms with E-state index in [-0.39, 0.29) is 5.56 Å². The van der Waals surface area contributed by atoms with Crippen molar-refractivity contribution < 1.29 is 8.78 Å². The Kier molecular flexibility index (Phi) is 5.28. The highest BCUT2D eigenvalue weighted by atomic mass is 19.1. The number of nitrogens with zero attached hydrogens (tertiary/aromatic N) is 1. The van der Waals surface area contributed by atoms with Crippen molar-refractivity contribution in [3.05, 3.63) is 35.4 Å². The van der Waals surface area contributed by atoms with E-state index in [1.807, 2.05) is 7.05 Å². The van der Waals surface area contributed by atoms with Crippen LogP contribution in [0.5, 0.6) is 0 Å².